The average molecular weight is 127 g/mol. The van der Waals surface area contributed by atoms with E-state index < -0.39 is 0 Å². The molecule has 0 bridgehead atoms. The summed E-state index contributed by atoms with van der Waals surface area (Å²) in [7, 11) is 0. The fourth-order valence-corrected chi connectivity index (χ4v) is 1.79. The zero-order valence-electron chi connectivity index (χ0n) is 6.65. The molecule has 0 aliphatic carbocycles. The van der Waals surface area contributed by atoms with Crippen LogP contribution >= 0.6 is 0 Å². The highest BCUT2D eigenvalue weighted by molar-refractivity contribution is 4.81. The highest BCUT2D eigenvalue weighted by Crippen LogP contribution is 2.22. The van der Waals surface area contributed by atoms with Crippen LogP contribution in [0.5, 0.6) is 0 Å². The van der Waals surface area contributed by atoms with Crippen molar-refractivity contribution >= 4 is 0 Å². The Morgan fingerprint density at radius 2 is 2.11 bits per heavy atom. The van der Waals surface area contributed by atoms with Crippen LogP contribution in [0.3, 0.4) is 0 Å². The molecular formula is C8H17N. The SMILES string of the molecule is CC(C)[C@H]1CCN[C@H]1C. The molecule has 1 nitrogen and oxygen atoms in total. The monoisotopic (exact) mass is 127 g/mol. The molecule has 0 unspecified atom stereocenters. The van der Waals surface area contributed by atoms with Gasteiger partial charge in [0, 0.05) is 6.04 Å². The molecule has 54 valence electrons. The highest BCUT2D eigenvalue weighted by atomic mass is 14.9. The average Bonchev–Trinajstić information content (AvgIpc) is 2.13. The third-order valence-electron chi connectivity index (χ3n) is 2.44. The summed E-state index contributed by atoms with van der Waals surface area (Å²) in [6.45, 7) is 8.14. The number of hydrogen-bond acceptors (Lipinski definition) is 1. The van der Waals surface area contributed by atoms with Gasteiger partial charge in [0.25, 0.3) is 0 Å². The second-order valence-electron chi connectivity index (χ2n) is 3.44. The largest absolute Gasteiger partial charge is 0.314 e. The van der Waals surface area contributed by atoms with E-state index in [1.807, 2.05) is 0 Å². The van der Waals surface area contributed by atoms with Crippen LogP contribution < -0.4 is 5.32 Å². The van der Waals surface area contributed by atoms with Crippen molar-refractivity contribution in [2.75, 3.05) is 6.54 Å². The van der Waals surface area contributed by atoms with Gasteiger partial charge in [-0.15, -0.1) is 0 Å². The fourth-order valence-electron chi connectivity index (χ4n) is 1.79. The van der Waals surface area contributed by atoms with Gasteiger partial charge in [-0.2, -0.15) is 0 Å². The first-order valence-corrected chi connectivity index (χ1v) is 3.95. The van der Waals surface area contributed by atoms with E-state index in [1.54, 1.807) is 0 Å². The molecule has 0 radical (unpaired) electrons. The van der Waals surface area contributed by atoms with Gasteiger partial charge >= 0.3 is 0 Å². The summed E-state index contributed by atoms with van der Waals surface area (Å²) in [4.78, 5) is 0. The van der Waals surface area contributed by atoms with E-state index in [1.165, 1.54) is 13.0 Å². The smallest absolute Gasteiger partial charge is 0.00699 e. The molecule has 0 aromatic heterocycles. The Morgan fingerprint density at radius 1 is 1.44 bits per heavy atom. The molecule has 0 aromatic carbocycles. The molecule has 0 spiro atoms. The van der Waals surface area contributed by atoms with Gasteiger partial charge in [-0.1, -0.05) is 13.8 Å². The first kappa shape index (κ1) is 7.07. The van der Waals surface area contributed by atoms with Crippen molar-refractivity contribution in [3.63, 3.8) is 0 Å². The molecule has 1 heteroatoms. The third kappa shape index (κ3) is 1.45. The predicted octanol–water partition coefficient (Wildman–Crippen LogP) is 1.64. The molecule has 2 atom stereocenters. The number of nitrogens with one attached hydrogen (secondary N) is 1. The maximum atomic E-state index is 3.45. The Morgan fingerprint density at radius 3 is 2.33 bits per heavy atom. The molecule has 1 rings (SSSR count). The first-order chi connectivity index (χ1) is 4.22. The van der Waals surface area contributed by atoms with Crippen LogP contribution in [0.2, 0.25) is 0 Å². The van der Waals surface area contributed by atoms with Gasteiger partial charge in [0.2, 0.25) is 0 Å². The Balaban J connectivity index is 2.40. The van der Waals surface area contributed by atoms with E-state index in [4.69, 9.17) is 0 Å². The van der Waals surface area contributed by atoms with Gasteiger partial charge < -0.3 is 5.32 Å². The van der Waals surface area contributed by atoms with Gasteiger partial charge in [0.15, 0.2) is 0 Å². The van der Waals surface area contributed by atoms with Crippen LogP contribution in [0.15, 0.2) is 0 Å². The lowest BCUT2D eigenvalue weighted by molar-refractivity contribution is 0.357. The molecule has 0 amide bonds. The van der Waals surface area contributed by atoms with Crippen LogP contribution in [-0.2, 0) is 0 Å². The summed E-state index contributed by atoms with van der Waals surface area (Å²) in [5.41, 5.74) is 0. The van der Waals surface area contributed by atoms with Crippen molar-refractivity contribution in [2.24, 2.45) is 11.8 Å². The van der Waals surface area contributed by atoms with Crippen LogP contribution in [-0.4, -0.2) is 12.6 Å². The van der Waals surface area contributed by atoms with Crippen LogP contribution in [0, 0.1) is 11.8 Å². The first-order valence-electron chi connectivity index (χ1n) is 3.95. The maximum Gasteiger partial charge on any atom is 0.00699 e. The summed E-state index contributed by atoms with van der Waals surface area (Å²) in [5.74, 6) is 1.78. The lowest BCUT2D eigenvalue weighted by Gasteiger charge is -2.18. The van der Waals surface area contributed by atoms with Gasteiger partial charge in [-0.3, -0.25) is 0 Å². The molecule has 1 aliphatic rings. The number of rotatable bonds is 1. The van der Waals surface area contributed by atoms with Gasteiger partial charge in [-0.05, 0) is 31.7 Å². The van der Waals surface area contributed by atoms with Crippen molar-refractivity contribution < 1.29 is 0 Å². The Bertz CT molecular complexity index is 88.6. The van der Waals surface area contributed by atoms with E-state index in [0.717, 1.165) is 17.9 Å². The minimum atomic E-state index is 0.755. The molecule has 9 heavy (non-hydrogen) atoms. The quantitative estimate of drug-likeness (QED) is 0.564. The Labute approximate surface area is 57.8 Å². The molecule has 1 fully saturated rings. The molecule has 0 aromatic rings. The molecule has 1 N–H and O–H groups in total. The standard InChI is InChI=1S/C8H17N/c1-6(2)8-4-5-9-7(8)3/h6-9H,4-5H2,1-3H3/t7-,8+/m0/s1. The molecular weight excluding hydrogens is 110 g/mol. The molecule has 0 saturated carbocycles. The van der Waals surface area contributed by atoms with E-state index in [9.17, 15) is 0 Å². The zero-order chi connectivity index (χ0) is 6.85. The second-order valence-corrected chi connectivity index (χ2v) is 3.44. The van der Waals surface area contributed by atoms with Gasteiger partial charge in [0.05, 0.1) is 0 Å². The van der Waals surface area contributed by atoms with Crippen molar-refractivity contribution in [3.8, 4) is 0 Å². The summed E-state index contributed by atoms with van der Waals surface area (Å²) < 4.78 is 0. The molecule has 1 heterocycles. The Hall–Kier alpha value is -0.0400. The van der Waals surface area contributed by atoms with Crippen molar-refractivity contribution in [1.29, 1.82) is 0 Å². The van der Waals surface area contributed by atoms with Crippen LogP contribution in [0.25, 0.3) is 0 Å². The highest BCUT2D eigenvalue weighted by Gasteiger charge is 2.24. The molecule has 1 aliphatic heterocycles. The van der Waals surface area contributed by atoms with Crippen molar-refractivity contribution in [3.05, 3.63) is 0 Å². The minimum absolute atomic E-state index is 0.755. The summed E-state index contributed by atoms with van der Waals surface area (Å²) >= 11 is 0. The predicted molar refractivity (Wildman–Crippen MR) is 40.4 cm³/mol. The van der Waals surface area contributed by atoms with Crippen molar-refractivity contribution in [2.45, 2.75) is 33.2 Å². The second kappa shape index (κ2) is 2.70. The van der Waals surface area contributed by atoms with Gasteiger partial charge in [-0.25, -0.2) is 0 Å². The molecule has 1 saturated heterocycles. The van der Waals surface area contributed by atoms with E-state index in [0.29, 0.717) is 0 Å². The van der Waals surface area contributed by atoms with E-state index >= 15 is 0 Å². The Kier molecular flexibility index (Phi) is 2.12. The van der Waals surface area contributed by atoms with Crippen LogP contribution in [0.4, 0.5) is 0 Å². The summed E-state index contributed by atoms with van der Waals surface area (Å²) in [5, 5.41) is 3.45. The maximum absolute atomic E-state index is 3.45. The minimum Gasteiger partial charge on any atom is -0.314 e. The summed E-state index contributed by atoms with van der Waals surface area (Å²) in [6, 6.07) is 0.755. The van der Waals surface area contributed by atoms with Crippen molar-refractivity contribution in [1.82, 2.24) is 5.32 Å². The lowest BCUT2D eigenvalue weighted by Crippen LogP contribution is -2.25. The van der Waals surface area contributed by atoms with Gasteiger partial charge in [0.1, 0.15) is 0 Å². The van der Waals surface area contributed by atoms with E-state index in [-0.39, 0.29) is 0 Å². The topological polar surface area (TPSA) is 12.0 Å². The summed E-state index contributed by atoms with van der Waals surface area (Å²) in [6.07, 6.45) is 1.37. The lowest BCUT2D eigenvalue weighted by atomic mass is 9.90. The number of hydrogen-bond donors (Lipinski definition) is 1. The zero-order valence-corrected chi connectivity index (χ0v) is 6.65. The van der Waals surface area contributed by atoms with Crippen LogP contribution in [0.1, 0.15) is 27.2 Å². The normalized spacial score (nSPS) is 36.0. The fraction of sp³-hybridized carbons (Fsp3) is 1.00. The third-order valence-corrected chi connectivity index (χ3v) is 2.44. The van der Waals surface area contributed by atoms with E-state index in [2.05, 4.69) is 26.1 Å².